The Morgan fingerprint density at radius 3 is 1.64 bits per heavy atom. The van der Waals surface area contributed by atoms with Gasteiger partial charge in [-0.3, -0.25) is 0 Å². The van der Waals surface area contributed by atoms with Crippen LogP contribution in [0.2, 0.25) is 0 Å². The zero-order chi connectivity index (χ0) is 22.2. The van der Waals surface area contributed by atoms with Crippen LogP contribution in [0.4, 0.5) is 21.5 Å². The summed E-state index contributed by atoms with van der Waals surface area (Å²) in [6, 6.07) is 41.1. The van der Waals surface area contributed by atoms with Gasteiger partial charge < -0.3 is 4.90 Å². The summed E-state index contributed by atoms with van der Waals surface area (Å²) in [4.78, 5) is 2.26. The summed E-state index contributed by atoms with van der Waals surface area (Å²) < 4.78 is 13.9. The second-order valence-electron chi connectivity index (χ2n) is 8.40. The highest BCUT2D eigenvalue weighted by Crippen LogP contribution is 2.40. The van der Waals surface area contributed by atoms with Crippen molar-refractivity contribution in [3.05, 3.63) is 138 Å². The molecule has 1 aliphatic carbocycles. The molecule has 5 aromatic carbocycles. The summed E-state index contributed by atoms with van der Waals surface area (Å²) in [6.07, 6.45) is 0.868. The monoisotopic (exact) mass is 427 g/mol. The van der Waals surface area contributed by atoms with Crippen molar-refractivity contribution < 1.29 is 4.39 Å². The van der Waals surface area contributed by atoms with Crippen LogP contribution in [0.15, 0.2) is 121 Å². The zero-order valence-electron chi connectivity index (χ0n) is 18.1. The quantitative estimate of drug-likeness (QED) is 0.272. The van der Waals surface area contributed by atoms with Gasteiger partial charge in [0.15, 0.2) is 0 Å². The molecule has 1 aliphatic rings. The van der Waals surface area contributed by atoms with E-state index in [0.29, 0.717) is 0 Å². The predicted molar refractivity (Wildman–Crippen MR) is 135 cm³/mol. The first-order chi connectivity index (χ1) is 16.3. The first-order valence-electron chi connectivity index (χ1n) is 11.2. The maximum atomic E-state index is 13.9. The SMILES string of the molecule is Fc1ccc2c(c1)-c1cc(-c3ccc(N(c4ccccc4)c4ccccc4)cc3)ccc1C2. The lowest BCUT2D eigenvalue weighted by molar-refractivity contribution is 0.628. The van der Waals surface area contributed by atoms with Crippen molar-refractivity contribution in [1.82, 2.24) is 0 Å². The van der Waals surface area contributed by atoms with E-state index in [1.165, 1.54) is 11.1 Å². The van der Waals surface area contributed by atoms with Crippen molar-refractivity contribution in [2.45, 2.75) is 6.42 Å². The summed E-state index contributed by atoms with van der Waals surface area (Å²) >= 11 is 0. The number of nitrogens with zero attached hydrogens (tertiary/aromatic N) is 1. The fraction of sp³-hybridized carbons (Fsp3) is 0.0323. The molecule has 0 atom stereocenters. The highest BCUT2D eigenvalue weighted by Gasteiger charge is 2.19. The van der Waals surface area contributed by atoms with E-state index in [2.05, 4.69) is 95.9 Å². The summed E-state index contributed by atoms with van der Waals surface area (Å²) in [5.41, 5.74) is 10.2. The lowest BCUT2D eigenvalue weighted by Crippen LogP contribution is -2.09. The van der Waals surface area contributed by atoms with Crippen molar-refractivity contribution in [2.75, 3.05) is 4.90 Å². The van der Waals surface area contributed by atoms with Crippen LogP contribution in [0.25, 0.3) is 22.3 Å². The number of hydrogen-bond donors (Lipinski definition) is 0. The maximum absolute atomic E-state index is 13.9. The Kier molecular flexibility index (Phi) is 4.77. The Bertz CT molecular complexity index is 1380. The van der Waals surface area contributed by atoms with Crippen LogP contribution in [-0.2, 0) is 6.42 Å². The second-order valence-corrected chi connectivity index (χ2v) is 8.40. The Morgan fingerprint density at radius 1 is 0.485 bits per heavy atom. The second kappa shape index (κ2) is 8.07. The van der Waals surface area contributed by atoms with E-state index >= 15 is 0 Å². The maximum Gasteiger partial charge on any atom is 0.123 e. The molecule has 0 aromatic heterocycles. The molecule has 0 bridgehead atoms. The molecule has 0 spiro atoms. The molecule has 158 valence electrons. The molecule has 0 saturated heterocycles. The van der Waals surface area contributed by atoms with E-state index in [4.69, 9.17) is 0 Å². The molecule has 0 saturated carbocycles. The van der Waals surface area contributed by atoms with Gasteiger partial charge in [-0.2, -0.15) is 0 Å². The third kappa shape index (κ3) is 3.60. The lowest BCUT2D eigenvalue weighted by atomic mass is 9.98. The molecule has 0 unspecified atom stereocenters. The normalized spacial score (nSPS) is 11.7. The van der Waals surface area contributed by atoms with Gasteiger partial charge in [0.2, 0.25) is 0 Å². The largest absolute Gasteiger partial charge is 0.311 e. The van der Waals surface area contributed by atoms with Crippen LogP contribution in [0.5, 0.6) is 0 Å². The molecule has 0 aliphatic heterocycles. The molecule has 6 rings (SSSR count). The fourth-order valence-electron chi connectivity index (χ4n) is 4.72. The standard InChI is InChI=1S/C31H22FN/c32-26-16-13-25-19-24-12-11-23(20-30(24)31(25)21-26)22-14-17-29(18-15-22)33(27-7-3-1-4-8-27)28-9-5-2-6-10-28/h1-18,20-21H,19H2. The molecule has 5 aromatic rings. The lowest BCUT2D eigenvalue weighted by Gasteiger charge is -2.25. The molecule has 2 heteroatoms. The highest BCUT2D eigenvalue weighted by atomic mass is 19.1. The summed E-state index contributed by atoms with van der Waals surface area (Å²) in [5, 5.41) is 0. The summed E-state index contributed by atoms with van der Waals surface area (Å²) in [7, 11) is 0. The van der Waals surface area contributed by atoms with Crippen molar-refractivity contribution in [3.8, 4) is 22.3 Å². The highest BCUT2D eigenvalue weighted by molar-refractivity contribution is 5.83. The van der Waals surface area contributed by atoms with Crippen LogP contribution in [0, 0.1) is 5.82 Å². The third-order valence-electron chi connectivity index (χ3n) is 6.34. The molecule has 33 heavy (non-hydrogen) atoms. The predicted octanol–water partition coefficient (Wildman–Crippen LogP) is 8.53. The topological polar surface area (TPSA) is 3.24 Å². The molecular weight excluding hydrogens is 405 g/mol. The number of benzene rings is 5. The van der Waals surface area contributed by atoms with E-state index in [0.717, 1.165) is 45.7 Å². The van der Waals surface area contributed by atoms with Crippen molar-refractivity contribution in [1.29, 1.82) is 0 Å². The minimum Gasteiger partial charge on any atom is -0.311 e. The van der Waals surface area contributed by atoms with Crippen LogP contribution in [-0.4, -0.2) is 0 Å². The van der Waals surface area contributed by atoms with Crippen molar-refractivity contribution >= 4 is 17.1 Å². The molecule has 0 N–H and O–H groups in total. The average Bonchev–Trinajstić information content (AvgIpc) is 3.23. The van der Waals surface area contributed by atoms with Gasteiger partial charge in [-0.1, -0.05) is 66.7 Å². The number of anilines is 3. The number of halogens is 1. The number of para-hydroxylation sites is 2. The van der Waals surface area contributed by atoms with Crippen LogP contribution in [0.3, 0.4) is 0 Å². The summed E-state index contributed by atoms with van der Waals surface area (Å²) in [5.74, 6) is -0.182. The van der Waals surface area contributed by atoms with Gasteiger partial charge in [0.05, 0.1) is 0 Å². The van der Waals surface area contributed by atoms with Crippen LogP contribution < -0.4 is 4.90 Å². The third-order valence-corrected chi connectivity index (χ3v) is 6.34. The first kappa shape index (κ1) is 19.5. The van der Waals surface area contributed by atoms with E-state index < -0.39 is 0 Å². The van der Waals surface area contributed by atoms with Crippen molar-refractivity contribution in [2.24, 2.45) is 0 Å². The molecule has 0 fully saturated rings. The van der Waals surface area contributed by atoms with Gasteiger partial charge in [-0.15, -0.1) is 0 Å². The Balaban J connectivity index is 1.38. The fourth-order valence-corrected chi connectivity index (χ4v) is 4.72. The average molecular weight is 428 g/mol. The number of fused-ring (bicyclic) bond motifs is 3. The number of hydrogen-bond acceptors (Lipinski definition) is 1. The van der Waals surface area contributed by atoms with E-state index in [9.17, 15) is 4.39 Å². The summed E-state index contributed by atoms with van der Waals surface area (Å²) in [6.45, 7) is 0. The van der Waals surface area contributed by atoms with Crippen molar-refractivity contribution in [3.63, 3.8) is 0 Å². The molecule has 0 radical (unpaired) electrons. The van der Waals surface area contributed by atoms with Gasteiger partial charge in [-0.05, 0) is 94.4 Å². The first-order valence-corrected chi connectivity index (χ1v) is 11.2. The van der Waals surface area contributed by atoms with Crippen LogP contribution in [0.1, 0.15) is 11.1 Å². The molecule has 0 amide bonds. The molecule has 0 heterocycles. The Labute approximate surface area is 193 Å². The molecular formula is C31H22FN. The number of rotatable bonds is 4. The van der Waals surface area contributed by atoms with Gasteiger partial charge in [0.25, 0.3) is 0 Å². The smallest absolute Gasteiger partial charge is 0.123 e. The van der Waals surface area contributed by atoms with E-state index in [-0.39, 0.29) is 5.82 Å². The van der Waals surface area contributed by atoms with Gasteiger partial charge in [0.1, 0.15) is 5.82 Å². The zero-order valence-corrected chi connectivity index (χ0v) is 18.1. The Morgan fingerprint density at radius 2 is 1.00 bits per heavy atom. The van der Waals surface area contributed by atoms with E-state index in [1.54, 1.807) is 12.1 Å². The van der Waals surface area contributed by atoms with E-state index in [1.807, 2.05) is 18.2 Å². The Hall–Kier alpha value is -4.17. The van der Waals surface area contributed by atoms with Gasteiger partial charge >= 0.3 is 0 Å². The minimum atomic E-state index is -0.182. The van der Waals surface area contributed by atoms with Gasteiger partial charge in [0, 0.05) is 17.1 Å². The van der Waals surface area contributed by atoms with Crippen LogP contribution >= 0.6 is 0 Å². The minimum absolute atomic E-state index is 0.182. The van der Waals surface area contributed by atoms with Gasteiger partial charge in [-0.25, -0.2) is 4.39 Å². The molecule has 1 nitrogen and oxygen atoms in total.